The van der Waals surface area contributed by atoms with E-state index in [0.717, 1.165) is 19.5 Å². The lowest BCUT2D eigenvalue weighted by atomic mass is 10.4. The third-order valence-corrected chi connectivity index (χ3v) is 2.08. The molecule has 0 fully saturated rings. The average Bonchev–Trinajstić information content (AvgIpc) is 2.15. The van der Waals surface area contributed by atoms with Crippen LogP contribution in [0.4, 0.5) is 0 Å². The predicted molar refractivity (Wildman–Crippen MR) is 60.3 cm³/mol. The molecule has 0 atom stereocenters. The van der Waals surface area contributed by atoms with Crippen LogP contribution in [0.2, 0.25) is 0 Å². The largest absolute Gasteiger partial charge is 0.353 e. The van der Waals surface area contributed by atoms with E-state index in [9.17, 15) is 4.79 Å². The smallest absolute Gasteiger partial charge is 0.247 e. The molecule has 0 bridgehead atoms. The Balaban J connectivity index is 3.30. The first-order chi connectivity index (χ1) is 6.70. The van der Waals surface area contributed by atoms with Crippen molar-refractivity contribution < 1.29 is 8.98 Å². The summed E-state index contributed by atoms with van der Waals surface area (Å²) in [5.74, 6) is -0.0516. The number of nitrogens with one attached hydrogen (secondary N) is 1. The minimum atomic E-state index is -0.0516. The highest BCUT2D eigenvalue weighted by molar-refractivity contribution is 7.93. The van der Waals surface area contributed by atoms with E-state index in [1.807, 2.05) is 7.05 Å². The number of rotatable bonds is 8. The summed E-state index contributed by atoms with van der Waals surface area (Å²) in [6.07, 6.45) is 2.93. The van der Waals surface area contributed by atoms with Crippen LogP contribution in [-0.4, -0.2) is 50.4 Å². The van der Waals surface area contributed by atoms with Gasteiger partial charge in [-0.3, -0.25) is 4.79 Å². The van der Waals surface area contributed by atoms with Crippen molar-refractivity contribution in [1.29, 1.82) is 0 Å². The van der Waals surface area contributed by atoms with Crippen molar-refractivity contribution in [2.45, 2.75) is 13.3 Å². The highest BCUT2D eigenvalue weighted by Gasteiger charge is 2.01. The number of hydrogen-bond donors (Lipinski definition) is 1. The predicted octanol–water partition coefficient (Wildman–Crippen LogP) is 0.739. The fourth-order valence-electron chi connectivity index (χ4n) is 1.04. The van der Waals surface area contributed by atoms with Gasteiger partial charge < -0.3 is 14.4 Å². The van der Waals surface area contributed by atoms with E-state index in [1.165, 1.54) is 12.0 Å². The molecule has 1 N–H and O–H groups in total. The molecule has 0 spiro atoms. The van der Waals surface area contributed by atoms with Gasteiger partial charge in [0.05, 0.1) is 0 Å². The SMILES string of the molecule is CCCN(C)CCNC(=O)COSC. The molecule has 14 heavy (non-hydrogen) atoms. The number of hydrogen-bond acceptors (Lipinski definition) is 4. The fraction of sp³-hybridized carbons (Fsp3) is 0.889. The number of carbonyl (C=O) groups is 1. The Bertz CT molecular complexity index is 156. The van der Waals surface area contributed by atoms with Crippen LogP contribution in [0, 0.1) is 0 Å². The van der Waals surface area contributed by atoms with Crippen LogP contribution in [0.3, 0.4) is 0 Å². The zero-order chi connectivity index (χ0) is 10.8. The van der Waals surface area contributed by atoms with Gasteiger partial charge in [0.2, 0.25) is 5.91 Å². The van der Waals surface area contributed by atoms with Crippen molar-refractivity contribution in [3.05, 3.63) is 0 Å². The van der Waals surface area contributed by atoms with Crippen molar-refractivity contribution in [2.24, 2.45) is 0 Å². The Morgan fingerprint density at radius 1 is 1.50 bits per heavy atom. The molecule has 0 heterocycles. The molecular weight excluding hydrogens is 200 g/mol. The van der Waals surface area contributed by atoms with Crippen LogP contribution in [0.5, 0.6) is 0 Å². The number of carbonyl (C=O) groups excluding carboxylic acids is 1. The molecule has 0 aliphatic rings. The summed E-state index contributed by atoms with van der Waals surface area (Å²) in [6, 6.07) is 0. The zero-order valence-electron chi connectivity index (χ0n) is 9.21. The molecule has 0 unspecified atom stereocenters. The topological polar surface area (TPSA) is 41.6 Å². The van der Waals surface area contributed by atoms with E-state index in [-0.39, 0.29) is 12.5 Å². The first-order valence-electron chi connectivity index (χ1n) is 4.81. The van der Waals surface area contributed by atoms with Gasteiger partial charge in [0.15, 0.2) is 0 Å². The van der Waals surface area contributed by atoms with Gasteiger partial charge in [0.1, 0.15) is 6.61 Å². The lowest BCUT2D eigenvalue weighted by molar-refractivity contribution is -0.122. The molecule has 0 saturated heterocycles. The van der Waals surface area contributed by atoms with Gasteiger partial charge in [-0.15, -0.1) is 0 Å². The minimum Gasteiger partial charge on any atom is -0.353 e. The summed E-state index contributed by atoms with van der Waals surface area (Å²) in [4.78, 5) is 13.3. The molecule has 5 heteroatoms. The summed E-state index contributed by atoms with van der Waals surface area (Å²) >= 11 is 1.21. The molecule has 0 aromatic carbocycles. The molecule has 0 saturated carbocycles. The molecule has 0 aliphatic heterocycles. The molecule has 0 aromatic rings. The number of likely N-dealkylation sites (N-methyl/N-ethyl adjacent to an activating group) is 1. The Hall–Kier alpha value is -0.260. The van der Waals surface area contributed by atoms with Gasteiger partial charge in [0.25, 0.3) is 0 Å². The van der Waals surface area contributed by atoms with Crippen LogP contribution in [0.15, 0.2) is 0 Å². The van der Waals surface area contributed by atoms with E-state index in [4.69, 9.17) is 4.18 Å². The molecule has 0 aliphatic carbocycles. The average molecular weight is 220 g/mol. The standard InChI is InChI=1S/C9H20N2O2S/c1-4-6-11(2)7-5-10-9(12)8-13-14-3/h4-8H2,1-3H3,(H,10,12). The molecule has 84 valence electrons. The van der Waals surface area contributed by atoms with Crippen LogP contribution in [0.1, 0.15) is 13.3 Å². The number of amides is 1. The molecule has 1 amide bonds. The third kappa shape index (κ3) is 8.34. The Morgan fingerprint density at radius 3 is 2.79 bits per heavy atom. The monoisotopic (exact) mass is 220 g/mol. The molecule has 0 aromatic heterocycles. The van der Waals surface area contributed by atoms with Crippen LogP contribution in [-0.2, 0) is 8.98 Å². The second-order valence-electron chi connectivity index (χ2n) is 3.08. The summed E-state index contributed by atoms with van der Waals surface area (Å²) in [5.41, 5.74) is 0. The maximum Gasteiger partial charge on any atom is 0.247 e. The minimum absolute atomic E-state index is 0.0516. The molecule has 0 rings (SSSR count). The van der Waals surface area contributed by atoms with Crippen LogP contribution in [0.25, 0.3) is 0 Å². The lowest BCUT2D eigenvalue weighted by Gasteiger charge is -2.15. The Morgan fingerprint density at radius 2 is 2.21 bits per heavy atom. The second-order valence-corrected chi connectivity index (χ2v) is 3.65. The summed E-state index contributed by atoms with van der Waals surface area (Å²) < 4.78 is 4.89. The molecular formula is C9H20N2O2S. The normalized spacial score (nSPS) is 10.6. The third-order valence-electron chi connectivity index (χ3n) is 1.73. The van der Waals surface area contributed by atoms with E-state index in [1.54, 1.807) is 6.26 Å². The van der Waals surface area contributed by atoms with E-state index >= 15 is 0 Å². The first-order valence-corrected chi connectivity index (χ1v) is 5.96. The zero-order valence-corrected chi connectivity index (χ0v) is 10.0. The van der Waals surface area contributed by atoms with E-state index in [2.05, 4.69) is 17.1 Å². The maximum absolute atomic E-state index is 11.1. The van der Waals surface area contributed by atoms with Crippen LogP contribution < -0.4 is 5.32 Å². The number of nitrogens with zero attached hydrogens (tertiary/aromatic N) is 1. The van der Waals surface area contributed by atoms with Gasteiger partial charge in [-0.25, -0.2) is 0 Å². The summed E-state index contributed by atoms with van der Waals surface area (Å²) in [7, 11) is 2.05. The first kappa shape index (κ1) is 13.7. The van der Waals surface area contributed by atoms with Gasteiger partial charge in [-0.1, -0.05) is 6.92 Å². The van der Waals surface area contributed by atoms with E-state index in [0.29, 0.717) is 6.54 Å². The summed E-state index contributed by atoms with van der Waals surface area (Å²) in [6.45, 7) is 4.92. The lowest BCUT2D eigenvalue weighted by Crippen LogP contribution is -2.34. The van der Waals surface area contributed by atoms with Crippen LogP contribution >= 0.6 is 12.0 Å². The van der Waals surface area contributed by atoms with Gasteiger partial charge in [-0.2, -0.15) is 0 Å². The van der Waals surface area contributed by atoms with Gasteiger partial charge in [0, 0.05) is 19.3 Å². The quantitative estimate of drug-likeness (QED) is 0.613. The van der Waals surface area contributed by atoms with Crippen molar-refractivity contribution in [1.82, 2.24) is 10.2 Å². The van der Waals surface area contributed by atoms with Crippen molar-refractivity contribution >= 4 is 17.9 Å². The van der Waals surface area contributed by atoms with E-state index < -0.39 is 0 Å². The van der Waals surface area contributed by atoms with Crippen molar-refractivity contribution in [3.8, 4) is 0 Å². The maximum atomic E-state index is 11.1. The fourth-order valence-corrected chi connectivity index (χ4v) is 1.27. The second kappa shape index (κ2) is 9.30. The highest BCUT2D eigenvalue weighted by atomic mass is 32.2. The van der Waals surface area contributed by atoms with Gasteiger partial charge in [-0.05, 0) is 32.1 Å². The Kier molecular flexibility index (Phi) is 9.13. The summed E-state index contributed by atoms with van der Waals surface area (Å²) in [5, 5.41) is 2.79. The van der Waals surface area contributed by atoms with Gasteiger partial charge >= 0.3 is 0 Å². The van der Waals surface area contributed by atoms with Crippen molar-refractivity contribution in [3.63, 3.8) is 0 Å². The highest BCUT2D eigenvalue weighted by Crippen LogP contribution is 1.92. The Labute approximate surface area is 90.6 Å². The van der Waals surface area contributed by atoms with Crippen molar-refractivity contribution in [2.75, 3.05) is 39.5 Å². The molecule has 0 radical (unpaired) electrons. The molecule has 4 nitrogen and oxygen atoms in total.